The van der Waals surface area contributed by atoms with Crippen molar-refractivity contribution in [3.05, 3.63) is 104 Å². The highest BCUT2D eigenvalue weighted by molar-refractivity contribution is 6.46. The molecule has 33 heavy (non-hydrogen) atoms. The van der Waals surface area contributed by atoms with Gasteiger partial charge in [-0.25, -0.2) is 4.90 Å². The van der Waals surface area contributed by atoms with Gasteiger partial charge in [-0.1, -0.05) is 18.2 Å². The fourth-order valence-corrected chi connectivity index (χ4v) is 3.98. The Hall–Kier alpha value is -4.26. The number of benzene rings is 3. The summed E-state index contributed by atoms with van der Waals surface area (Å²) < 4.78 is 0. The van der Waals surface area contributed by atoms with Gasteiger partial charge >= 0.3 is 0 Å². The van der Waals surface area contributed by atoms with E-state index in [0.29, 0.717) is 16.9 Å². The largest absolute Gasteiger partial charge is 0.350 e. The van der Waals surface area contributed by atoms with E-state index >= 15 is 0 Å². The van der Waals surface area contributed by atoms with Crippen molar-refractivity contribution in [3.8, 4) is 0 Å². The Morgan fingerprint density at radius 1 is 0.788 bits per heavy atom. The summed E-state index contributed by atoms with van der Waals surface area (Å²) in [5.74, 6) is -0.953. The van der Waals surface area contributed by atoms with Gasteiger partial charge in [0.05, 0.1) is 16.2 Å². The second-order valence-corrected chi connectivity index (χ2v) is 8.29. The molecule has 3 aromatic carbocycles. The number of anilines is 2. The standard InChI is InChI=1S/C26H23N3O4/c1-15-5-6-18(4)22(14-15)27-24-23(19-7-9-20(10-8-19)29(32)33)25(30)28(26(24)31)21-12-16(2)11-17(3)13-21/h5-14,27H,1-4H3. The van der Waals surface area contributed by atoms with E-state index in [1.165, 1.54) is 24.3 Å². The predicted octanol–water partition coefficient (Wildman–Crippen LogP) is 5.23. The first-order valence-corrected chi connectivity index (χ1v) is 10.5. The molecule has 0 saturated heterocycles. The fraction of sp³-hybridized carbons (Fsp3) is 0.154. The van der Waals surface area contributed by atoms with Crippen LogP contribution in [0.25, 0.3) is 5.57 Å². The van der Waals surface area contributed by atoms with Gasteiger partial charge in [0, 0.05) is 17.8 Å². The third-order valence-corrected chi connectivity index (χ3v) is 5.57. The van der Waals surface area contributed by atoms with Crippen LogP contribution in [0.15, 0.2) is 66.4 Å². The SMILES string of the molecule is Cc1cc(C)cc(N2C(=O)C(Nc3cc(C)ccc3C)=C(c3ccc([N+](=O)[O-])cc3)C2=O)c1. The van der Waals surface area contributed by atoms with Crippen molar-refractivity contribution in [2.75, 3.05) is 10.2 Å². The highest BCUT2D eigenvalue weighted by Gasteiger charge is 2.40. The molecule has 0 spiro atoms. The molecular weight excluding hydrogens is 418 g/mol. The number of aryl methyl sites for hydroxylation is 4. The van der Waals surface area contributed by atoms with Crippen LogP contribution in [0.5, 0.6) is 0 Å². The number of nitrogens with zero attached hydrogens (tertiary/aromatic N) is 2. The van der Waals surface area contributed by atoms with Crippen LogP contribution in [-0.4, -0.2) is 16.7 Å². The summed E-state index contributed by atoms with van der Waals surface area (Å²) in [6, 6.07) is 17.0. The van der Waals surface area contributed by atoms with E-state index in [4.69, 9.17) is 0 Å². The topological polar surface area (TPSA) is 92.6 Å². The van der Waals surface area contributed by atoms with Crippen LogP contribution in [0, 0.1) is 37.8 Å². The summed E-state index contributed by atoms with van der Waals surface area (Å²) in [5, 5.41) is 14.3. The number of hydrogen-bond donors (Lipinski definition) is 1. The van der Waals surface area contributed by atoms with Gasteiger partial charge in [-0.15, -0.1) is 0 Å². The average Bonchev–Trinajstić information content (AvgIpc) is 2.99. The number of non-ortho nitro benzene ring substituents is 1. The molecule has 0 aromatic heterocycles. The Kier molecular flexibility index (Phi) is 5.55. The third-order valence-electron chi connectivity index (χ3n) is 5.57. The van der Waals surface area contributed by atoms with Gasteiger partial charge in [0.25, 0.3) is 17.5 Å². The fourth-order valence-electron chi connectivity index (χ4n) is 3.98. The molecule has 0 unspecified atom stereocenters. The maximum atomic E-state index is 13.6. The molecule has 166 valence electrons. The highest BCUT2D eigenvalue weighted by atomic mass is 16.6. The Balaban J connectivity index is 1.86. The van der Waals surface area contributed by atoms with Gasteiger partial charge in [-0.3, -0.25) is 19.7 Å². The van der Waals surface area contributed by atoms with Crippen molar-refractivity contribution in [3.63, 3.8) is 0 Å². The molecule has 7 heteroatoms. The number of carbonyl (C=O) groups is 2. The smallest absolute Gasteiger partial charge is 0.282 e. The zero-order chi connectivity index (χ0) is 23.9. The minimum Gasteiger partial charge on any atom is -0.350 e. The molecule has 1 aliphatic rings. The lowest BCUT2D eigenvalue weighted by atomic mass is 10.0. The molecule has 2 amide bonds. The number of nitro benzene ring substituents is 1. The number of nitrogens with one attached hydrogen (secondary N) is 1. The van der Waals surface area contributed by atoms with Gasteiger partial charge in [-0.05, 0) is 85.8 Å². The second kappa shape index (κ2) is 8.35. The predicted molar refractivity (Wildman–Crippen MR) is 128 cm³/mol. The van der Waals surface area contributed by atoms with Gasteiger partial charge in [0.15, 0.2) is 0 Å². The first kappa shape index (κ1) is 22.0. The third kappa shape index (κ3) is 4.13. The Morgan fingerprint density at radius 3 is 2.03 bits per heavy atom. The quantitative estimate of drug-likeness (QED) is 0.333. The summed E-state index contributed by atoms with van der Waals surface area (Å²) in [4.78, 5) is 38.9. The van der Waals surface area contributed by atoms with Crippen molar-refractivity contribution in [2.45, 2.75) is 27.7 Å². The van der Waals surface area contributed by atoms with Crippen molar-refractivity contribution >= 4 is 34.4 Å². The first-order valence-electron chi connectivity index (χ1n) is 10.5. The number of amides is 2. The number of hydrogen-bond acceptors (Lipinski definition) is 5. The Labute approximate surface area is 191 Å². The molecule has 0 aliphatic carbocycles. The summed E-state index contributed by atoms with van der Waals surface area (Å²) in [5.41, 5.74) is 5.63. The van der Waals surface area contributed by atoms with E-state index in [1.807, 2.05) is 52.0 Å². The van der Waals surface area contributed by atoms with Gasteiger partial charge in [0.2, 0.25) is 0 Å². The minimum atomic E-state index is -0.503. The molecule has 0 fully saturated rings. The molecule has 0 saturated carbocycles. The van der Waals surface area contributed by atoms with Gasteiger partial charge in [-0.2, -0.15) is 0 Å². The average molecular weight is 441 g/mol. The number of imide groups is 1. The van der Waals surface area contributed by atoms with E-state index in [1.54, 1.807) is 12.1 Å². The van der Waals surface area contributed by atoms with Crippen LogP contribution >= 0.6 is 0 Å². The zero-order valence-corrected chi connectivity index (χ0v) is 18.8. The second-order valence-electron chi connectivity index (χ2n) is 8.29. The summed E-state index contributed by atoms with van der Waals surface area (Å²) in [6.45, 7) is 7.67. The van der Waals surface area contributed by atoms with E-state index < -0.39 is 16.7 Å². The molecular formula is C26H23N3O4. The lowest BCUT2D eigenvalue weighted by Crippen LogP contribution is -2.32. The van der Waals surface area contributed by atoms with Crippen LogP contribution in [0.4, 0.5) is 17.1 Å². The molecule has 0 radical (unpaired) electrons. The number of nitro groups is 1. The highest BCUT2D eigenvalue weighted by Crippen LogP contribution is 2.35. The first-order chi connectivity index (χ1) is 15.7. The van der Waals surface area contributed by atoms with Crippen LogP contribution in [-0.2, 0) is 9.59 Å². The molecule has 1 heterocycles. The monoisotopic (exact) mass is 441 g/mol. The summed E-state index contributed by atoms with van der Waals surface area (Å²) in [7, 11) is 0. The van der Waals surface area contributed by atoms with Crippen molar-refractivity contribution in [1.29, 1.82) is 0 Å². The molecule has 1 N–H and O–H groups in total. The van der Waals surface area contributed by atoms with Crippen molar-refractivity contribution < 1.29 is 14.5 Å². The normalized spacial score (nSPS) is 13.6. The summed E-state index contributed by atoms with van der Waals surface area (Å²) >= 11 is 0. The van der Waals surface area contributed by atoms with E-state index in [9.17, 15) is 19.7 Å². The molecule has 1 aliphatic heterocycles. The van der Waals surface area contributed by atoms with E-state index in [-0.39, 0.29) is 17.0 Å². The van der Waals surface area contributed by atoms with Crippen LogP contribution in [0.2, 0.25) is 0 Å². The molecule has 4 rings (SSSR count). The maximum absolute atomic E-state index is 13.6. The molecule has 3 aromatic rings. The Morgan fingerprint density at radius 2 is 1.42 bits per heavy atom. The minimum absolute atomic E-state index is 0.0914. The molecule has 0 atom stereocenters. The Bertz CT molecular complexity index is 1320. The van der Waals surface area contributed by atoms with E-state index in [0.717, 1.165) is 27.2 Å². The molecule has 7 nitrogen and oxygen atoms in total. The van der Waals surface area contributed by atoms with E-state index in [2.05, 4.69) is 5.32 Å². The van der Waals surface area contributed by atoms with Crippen molar-refractivity contribution in [2.24, 2.45) is 0 Å². The lowest BCUT2D eigenvalue weighted by Gasteiger charge is -2.17. The lowest BCUT2D eigenvalue weighted by molar-refractivity contribution is -0.384. The summed E-state index contributed by atoms with van der Waals surface area (Å²) in [6.07, 6.45) is 0. The van der Waals surface area contributed by atoms with Crippen LogP contribution in [0.1, 0.15) is 27.8 Å². The zero-order valence-electron chi connectivity index (χ0n) is 18.8. The van der Waals surface area contributed by atoms with Gasteiger partial charge in [0.1, 0.15) is 5.70 Å². The van der Waals surface area contributed by atoms with Crippen LogP contribution in [0.3, 0.4) is 0 Å². The number of rotatable bonds is 5. The maximum Gasteiger partial charge on any atom is 0.282 e. The molecule has 0 bridgehead atoms. The van der Waals surface area contributed by atoms with Crippen molar-refractivity contribution in [1.82, 2.24) is 0 Å². The van der Waals surface area contributed by atoms with Crippen LogP contribution < -0.4 is 10.2 Å². The van der Waals surface area contributed by atoms with Gasteiger partial charge < -0.3 is 5.32 Å². The number of carbonyl (C=O) groups excluding carboxylic acids is 2.